The van der Waals surface area contributed by atoms with E-state index in [9.17, 15) is 9.59 Å². The average molecular weight is 404 g/mol. The van der Waals surface area contributed by atoms with Gasteiger partial charge in [-0.1, -0.05) is 51.1 Å². The van der Waals surface area contributed by atoms with Crippen LogP contribution < -0.4 is 5.32 Å². The molecule has 3 N–H and O–H groups in total. The van der Waals surface area contributed by atoms with Crippen molar-refractivity contribution in [3.8, 4) is 0 Å². The number of fused-ring (bicyclic) bond motifs is 2. The normalized spacial score (nSPS) is 29.4. The summed E-state index contributed by atoms with van der Waals surface area (Å²) in [5, 5.41) is 18.8. The first-order valence-corrected chi connectivity index (χ1v) is 10.1. The van der Waals surface area contributed by atoms with Crippen molar-refractivity contribution in [2.24, 2.45) is 16.7 Å². The quantitative estimate of drug-likeness (QED) is 0.475. The highest BCUT2D eigenvalue weighted by Crippen LogP contribution is 2.73. The predicted molar refractivity (Wildman–Crippen MR) is 112 cm³/mol. The Morgan fingerprint density at radius 3 is 2.14 bits per heavy atom. The lowest BCUT2D eigenvalue weighted by molar-refractivity contribution is -0.145. The molecule has 6 nitrogen and oxygen atoms in total. The molecular formula is C23H33NO5. The Labute approximate surface area is 173 Å². The Bertz CT molecular complexity index is 729. The van der Waals surface area contributed by atoms with Gasteiger partial charge in [0.15, 0.2) is 0 Å². The predicted octanol–water partition coefficient (Wildman–Crippen LogP) is 3.68. The Morgan fingerprint density at radius 1 is 1.14 bits per heavy atom. The summed E-state index contributed by atoms with van der Waals surface area (Å²) in [5.41, 5.74) is 1.83. The first-order valence-electron chi connectivity index (χ1n) is 10.1. The van der Waals surface area contributed by atoms with E-state index in [0.29, 0.717) is 17.6 Å². The van der Waals surface area contributed by atoms with Gasteiger partial charge in [-0.3, -0.25) is 0 Å². The number of hydrogen-bond donors (Lipinski definition) is 3. The van der Waals surface area contributed by atoms with Gasteiger partial charge in [-0.2, -0.15) is 0 Å². The molecule has 29 heavy (non-hydrogen) atoms. The molecule has 1 aromatic rings. The third-order valence-corrected chi connectivity index (χ3v) is 7.17. The SMILES string of the molecule is CNCCOC1(c2ccccc2)CC2CCC1(C)C2(C)C.O=C(O)/C=C/C(=O)O. The number of hydrogen-bond acceptors (Lipinski definition) is 4. The fourth-order valence-corrected chi connectivity index (χ4v) is 5.16. The summed E-state index contributed by atoms with van der Waals surface area (Å²) >= 11 is 0. The summed E-state index contributed by atoms with van der Waals surface area (Å²) in [6.45, 7) is 9.07. The van der Waals surface area contributed by atoms with E-state index >= 15 is 0 Å². The molecule has 3 unspecified atom stereocenters. The van der Waals surface area contributed by atoms with Gasteiger partial charge in [0.25, 0.3) is 0 Å². The number of nitrogens with one attached hydrogen (secondary N) is 1. The number of benzene rings is 1. The Hall–Kier alpha value is -2.18. The third kappa shape index (κ3) is 4.38. The van der Waals surface area contributed by atoms with Gasteiger partial charge in [0, 0.05) is 24.1 Å². The number of carbonyl (C=O) groups is 2. The van der Waals surface area contributed by atoms with Gasteiger partial charge in [-0.05, 0) is 43.2 Å². The highest BCUT2D eigenvalue weighted by atomic mass is 16.5. The maximum Gasteiger partial charge on any atom is 0.328 e. The van der Waals surface area contributed by atoms with Gasteiger partial charge in [0.05, 0.1) is 12.2 Å². The second-order valence-corrected chi connectivity index (χ2v) is 8.65. The Balaban J connectivity index is 0.000000321. The Morgan fingerprint density at radius 2 is 1.72 bits per heavy atom. The molecule has 0 aliphatic heterocycles. The zero-order valence-electron chi connectivity index (χ0n) is 17.8. The van der Waals surface area contributed by atoms with Gasteiger partial charge in [0.1, 0.15) is 0 Å². The van der Waals surface area contributed by atoms with Crippen molar-refractivity contribution in [3.05, 3.63) is 48.0 Å². The molecule has 0 aromatic heterocycles. The maximum absolute atomic E-state index is 9.55. The molecule has 0 saturated heterocycles. The number of ether oxygens (including phenoxy) is 1. The van der Waals surface area contributed by atoms with Crippen LogP contribution in [0.4, 0.5) is 0 Å². The van der Waals surface area contributed by atoms with Crippen LogP contribution in [0.25, 0.3) is 0 Å². The monoisotopic (exact) mass is 403 g/mol. The van der Waals surface area contributed by atoms with E-state index in [1.165, 1.54) is 24.8 Å². The van der Waals surface area contributed by atoms with Gasteiger partial charge in [-0.25, -0.2) is 9.59 Å². The molecule has 6 heteroatoms. The van der Waals surface area contributed by atoms with Crippen LogP contribution in [0.1, 0.15) is 45.6 Å². The zero-order chi connectivity index (χ0) is 21.7. The van der Waals surface area contributed by atoms with Crippen molar-refractivity contribution >= 4 is 11.9 Å². The maximum atomic E-state index is 9.55. The van der Waals surface area contributed by atoms with Crippen LogP contribution in [0.2, 0.25) is 0 Å². The van der Waals surface area contributed by atoms with E-state index in [1.807, 2.05) is 7.05 Å². The molecule has 2 aliphatic rings. The van der Waals surface area contributed by atoms with Crippen molar-refractivity contribution in [3.63, 3.8) is 0 Å². The molecule has 3 atom stereocenters. The first-order chi connectivity index (χ1) is 13.6. The van der Waals surface area contributed by atoms with Crippen LogP contribution in [0.3, 0.4) is 0 Å². The van der Waals surface area contributed by atoms with E-state index in [1.54, 1.807) is 0 Å². The molecule has 2 aliphatic carbocycles. The molecular weight excluding hydrogens is 370 g/mol. The summed E-state index contributed by atoms with van der Waals surface area (Å²) in [6, 6.07) is 10.9. The van der Waals surface area contributed by atoms with Crippen molar-refractivity contribution in [2.45, 2.75) is 45.6 Å². The van der Waals surface area contributed by atoms with E-state index in [2.05, 4.69) is 56.4 Å². The van der Waals surface area contributed by atoms with Crippen LogP contribution in [0.5, 0.6) is 0 Å². The van der Waals surface area contributed by atoms with Crippen LogP contribution in [0.15, 0.2) is 42.5 Å². The molecule has 2 saturated carbocycles. The molecule has 0 spiro atoms. The molecule has 2 bridgehead atoms. The molecule has 1 aromatic carbocycles. The van der Waals surface area contributed by atoms with Gasteiger partial charge < -0.3 is 20.3 Å². The second kappa shape index (κ2) is 9.09. The lowest BCUT2D eigenvalue weighted by Crippen LogP contribution is -2.47. The number of aliphatic carboxylic acids is 2. The third-order valence-electron chi connectivity index (χ3n) is 7.17. The minimum atomic E-state index is -1.26. The first kappa shape index (κ1) is 23.1. The number of likely N-dealkylation sites (N-methyl/N-ethyl adjacent to an activating group) is 1. The summed E-state index contributed by atoms with van der Waals surface area (Å²) in [7, 11) is 1.99. The summed E-state index contributed by atoms with van der Waals surface area (Å²) in [5.74, 6) is -1.74. The minimum absolute atomic E-state index is 0.114. The fraction of sp³-hybridized carbons (Fsp3) is 0.565. The Kier molecular flexibility index (Phi) is 7.25. The van der Waals surface area contributed by atoms with Gasteiger partial charge in [0.2, 0.25) is 0 Å². The van der Waals surface area contributed by atoms with Gasteiger partial charge >= 0.3 is 11.9 Å². The van der Waals surface area contributed by atoms with Crippen LogP contribution >= 0.6 is 0 Å². The smallest absolute Gasteiger partial charge is 0.328 e. The molecule has 3 rings (SSSR count). The van der Waals surface area contributed by atoms with Crippen molar-refractivity contribution in [1.29, 1.82) is 0 Å². The summed E-state index contributed by atoms with van der Waals surface area (Å²) in [6.07, 6.45) is 4.92. The molecule has 0 radical (unpaired) electrons. The highest BCUT2D eigenvalue weighted by Gasteiger charge is 2.69. The van der Waals surface area contributed by atoms with E-state index in [-0.39, 0.29) is 11.0 Å². The lowest BCUT2D eigenvalue weighted by Gasteiger charge is -2.49. The van der Waals surface area contributed by atoms with Crippen LogP contribution in [0, 0.1) is 16.7 Å². The largest absolute Gasteiger partial charge is 0.478 e. The minimum Gasteiger partial charge on any atom is -0.478 e. The van der Waals surface area contributed by atoms with E-state index in [0.717, 1.165) is 19.1 Å². The van der Waals surface area contributed by atoms with Gasteiger partial charge in [-0.15, -0.1) is 0 Å². The standard InChI is InChI=1S/C19H29NO.C4H4O4/c1-17(2)16-10-11-18(17,3)19(14-16,21-13-12-20-4)15-8-6-5-7-9-15;5-3(6)1-2-4(7)8/h5-9,16,20H,10-14H2,1-4H3;1-2H,(H,5,6)(H,7,8)/b;2-1+. The van der Waals surface area contributed by atoms with Crippen molar-refractivity contribution < 1.29 is 24.5 Å². The summed E-state index contributed by atoms with van der Waals surface area (Å²) in [4.78, 5) is 19.1. The van der Waals surface area contributed by atoms with Crippen molar-refractivity contribution in [1.82, 2.24) is 5.32 Å². The zero-order valence-corrected chi connectivity index (χ0v) is 17.8. The number of rotatable bonds is 7. The molecule has 2 fully saturated rings. The van der Waals surface area contributed by atoms with Crippen molar-refractivity contribution in [2.75, 3.05) is 20.2 Å². The lowest BCUT2D eigenvalue weighted by atomic mass is 9.62. The van der Waals surface area contributed by atoms with E-state index < -0.39 is 11.9 Å². The highest BCUT2D eigenvalue weighted by molar-refractivity contribution is 5.89. The number of carboxylic acid groups (broad SMARTS) is 2. The van der Waals surface area contributed by atoms with Crippen LogP contribution in [-0.2, 0) is 19.9 Å². The fourth-order valence-electron chi connectivity index (χ4n) is 5.16. The second-order valence-electron chi connectivity index (χ2n) is 8.65. The van der Waals surface area contributed by atoms with Crippen LogP contribution in [-0.4, -0.2) is 42.4 Å². The molecule has 160 valence electrons. The summed E-state index contributed by atoms with van der Waals surface area (Å²) < 4.78 is 6.63. The van der Waals surface area contributed by atoms with E-state index in [4.69, 9.17) is 14.9 Å². The molecule has 0 amide bonds. The molecule has 0 heterocycles. The number of carboxylic acids is 2. The topological polar surface area (TPSA) is 95.9 Å². The average Bonchev–Trinajstić information content (AvgIpc) is 3.00.